The van der Waals surface area contributed by atoms with E-state index in [0.29, 0.717) is 17.5 Å². The number of halogens is 1. The first-order valence-corrected chi connectivity index (χ1v) is 4.86. The summed E-state index contributed by atoms with van der Waals surface area (Å²) in [4.78, 5) is 4.14. The fourth-order valence-electron chi connectivity index (χ4n) is 1.35. The number of aromatic nitrogens is 1. The van der Waals surface area contributed by atoms with Crippen molar-refractivity contribution < 1.29 is 4.74 Å². The first-order valence-electron chi connectivity index (χ1n) is 4.49. The molecule has 0 unspecified atom stereocenters. The fraction of sp³-hybridized carbons (Fsp3) is 0.182. The summed E-state index contributed by atoms with van der Waals surface area (Å²) in [5.41, 5.74) is 0. The van der Waals surface area contributed by atoms with E-state index in [2.05, 4.69) is 4.98 Å². The molecular formula is C11H10ClNO. The lowest BCUT2D eigenvalue weighted by Gasteiger charge is -2.06. The second-order valence-electron chi connectivity index (χ2n) is 2.90. The lowest BCUT2D eigenvalue weighted by molar-refractivity contribution is 0.328. The maximum absolute atomic E-state index is 6.13. The van der Waals surface area contributed by atoms with Crippen LogP contribution in [0.4, 0.5) is 0 Å². The molecule has 1 aromatic heterocycles. The van der Waals surface area contributed by atoms with Crippen LogP contribution < -0.4 is 4.74 Å². The van der Waals surface area contributed by atoms with Crippen molar-refractivity contribution in [3.05, 3.63) is 35.5 Å². The van der Waals surface area contributed by atoms with E-state index < -0.39 is 0 Å². The molecule has 0 N–H and O–H groups in total. The summed E-state index contributed by atoms with van der Waals surface area (Å²) in [6.45, 7) is 2.48. The van der Waals surface area contributed by atoms with Gasteiger partial charge in [-0.1, -0.05) is 35.9 Å². The van der Waals surface area contributed by atoms with Crippen LogP contribution in [0.25, 0.3) is 10.8 Å². The minimum atomic E-state index is 0.507. The monoisotopic (exact) mass is 207 g/mol. The highest BCUT2D eigenvalue weighted by Gasteiger charge is 2.06. The Bertz CT molecular complexity index is 456. The van der Waals surface area contributed by atoms with E-state index >= 15 is 0 Å². The second-order valence-corrected chi connectivity index (χ2v) is 3.28. The van der Waals surface area contributed by atoms with Crippen LogP contribution in [-0.2, 0) is 0 Å². The molecule has 1 heterocycles. The zero-order valence-corrected chi connectivity index (χ0v) is 8.58. The van der Waals surface area contributed by atoms with E-state index in [4.69, 9.17) is 16.3 Å². The molecule has 0 aliphatic carbocycles. The molecule has 3 heteroatoms. The van der Waals surface area contributed by atoms with E-state index in [9.17, 15) is 0 Å². The molecule has 0 amide bonds. The molecule has 2 aromatic rings. The molecule has 0 spiro atoms. The predicted octanol–water partition coefficient (Wildman–Crippen LogP) is 3.29. The van der Waals surface area contributed by atoms with Gasteiger partial charge in [0.2, 0.25) is 5.88 Å². The Morgan fingerprint density at radius 1 is 1.36 bits per heavy atom. The number of benzene rings is 1. The summed E-state index contributed by atoms with van der Waals surface area (Å²) >= 11 is 6.13. The maximum Gasteiger partial charge on any atom is 0.233 e. The van der Waals surface area contributed by atoms with E-state index in [0.717, 1.165) is 10.8 Å². The van der Waals surface area contributed by atoms with Gasteiger partial charge in [-0.15, -0.1) is 0 Å². The van der Waals surface area contributed by atoms with Gasteiger partial charge in [-0.25, -0.2) is 4.98 Å². The molecule has 1 aromatic carbocycles. The molecule has 0 bridgehead atoms. The minimum absolute atomic E-state index is 0.507. The van der Waals surface area contributed by atoms with E-state index in [1.807, 2.05) is 31.2 Å². The minimum Gasteiger partial charge on any atom is -0.477 e. The molecule has 2 nitrogen and oxygen atoms in total. The average Bonchev–Trinajstić information content (AvgIpc) is 2.23. The Kier molecular flexibility index (Phi) is 2.55. The summed E-state index contributed by atoms with van der Waals surface area (Å²) < 4.78 is 5.30. The van der Waals surface area contributed by atoms with Crippen LogP contribution in [0, 0.1) is 0 Å². The molecule has 72 valence electrons. The van der Waals surface area contributed by atoms with Crippen molar-refractivity contribution in [2.45, 2.75) is 6.92 Å². The molecule has 2 rings (SSSR count). The summed E-state index contributed by atoms with van der Waals surface area (Å²) in [6.07, 6.45) is 1.77. The van der Waals surface area contributed by atoms with Crippen molar-refractivity contribution in [1.29, 1.82) is 0 Å². The number of fused-ring (bicyclic) bond motifs is 1. The van der Waals surface area contributed by atoms with Gasteiger partial charge in [-0.05, 0) is 6.92 Å². The van der Waals surface area contributed by atoms with Gasteiger partial charge in [-0.2, -0.15) is 0 Å². The van der Waals surface area contributed by atoms with Crippen LogP contribution in [0.15, 0.2) is 30.5 Å². The Balaban J connectivity index is 2.63. The van der Waals surface area contributed by atoms with Crippen LogP contribution in [0.1, 0.15) is 6.92 Å². The highest BCUT2D eigenvalue weighted by molar-refractivity contribution is 6.36. The van der Waals surface area contributed by atoms with Gasteiger partial charge in [-0.3, -0.25) is 0 Å². The summed E-state index contributed by atoms with van der Waals surface area (Å²) in [5.74, 6) is 0.507. The number of ether oxygens (including phenoxy) is 1. The van der Waals surface area contributed by atoms with Gasteiger partial charge < -0.3 is 4.74 Å². The molecule has 0 saturated carbocycles. The molecule has 0 aliphatic heterocycles. The first-order chi connectivity index (χ1) is 6.83. The van der Waals surface area contributed by atoms with Crippen molar-refractivity contribution in [3.63, 3.8) is 0 Å². The smallest absolute Gasteiger partial charge is 0.233 e. The molecule has 0 saturated heterocycles. The van der Waals surface area contributed by atoms with E-state index in [-0.39, 0.29) is 0 Å². The number of hydrogen-bond donors (Lipinski definition) is 0. The standard InChI is InChI=1S/C11H10ClNO/c1-2-14-11-10(12)9-6-4-3-5-8(9)7-13-11/h3-7H,2H2,1H3. The summed E-state index contributed by atoms with van der Waals surface area (Å²) in [6, 6.07) is 7.84. The average molecular weight is 208 g/mol. The van der Waals surface area contributed by atoms with E-state index in [1.54, 1.807) is 6.20 Å². The molecule has 0 aliphatic rings. The number of nitrogens with zero attached hydrogens (tertiary/aromatic N) is 1. The molecule has 0 atom stereocenters. The van der Waals surface area contributed by atoms with Crippen LogP contribution in [0.2, 0.25) is 5.02 Å². The highest BCUT2D eigenvalue weighted by atomic mass is 35.5. The normalized spacial score (nSPS) is 10.4. The quantitative estimate of drug-likeness (QED) is 0.754. The fourth-order valence-corrected chi connectivity index (χ4v) is 1.62. The summed E-state index contributed by atoms with van der Waals surface area (Å²) in [7, 11) is 0. The number of rotatable bonds is 2. The van der Waals surface area contributed by atoms with Gasteiger partial charge in [0.15, 0.2) is 0 Å². The lowest BCUT2D eigenvalue weighted by Crippen LogP contribution is -1.95. The maximum atomic E-state index is 6.13. The summed E-state index contributed by atoms with van der Waals surface area (Å²) in [5, 5.41) is 2.60. The highest BCUT2D eigenvalue weighted by Crippen LogP contribution is 2.30. The number of hydrogen-bond acceptors (Lipinski definition) is 2. The van der Waals surface area contributed by atoms with Gasteiger partial charge in [0.1, 0.15) is 5.02 Å². The Morgan fingerprint density at radius 3 is 2.93 bits per heavy atom. The Morgan fingerprint density at radius 2 is 2.14 bits per heavy atom. The zero-order valence-electron chi connectivity index (χ0n) is 7.83. The van der Waals surface area contributed by atoms with Crippen LogP contribution in [-0.4, -0.2) is 11.6 Å². The zero-order chi connectivity index (χ0) is 9.97. The molecule has 14 heavy (non-hydrogen) atoms. The van der Waals surface area contributed by atoms with Crippen molar-refractivity contribution >= 4 is 22.4 Å². The third-order valence-corrected chi connectivity index (χ3v) is 2.35. The Hall–Kier alpha value is -1.28. The molecule has 0 fully saturated rings. The van der Waals surface area contributed by atoms with Crippen molar-refractivity contribution in [2.24, 2.45) is 0 Å². The van der Waals surface area contributed by atoms with Crippen molar-refractivity contribution in [1.82, 2.24) is 4.98 Å². The third kappa shape index (κ3) is 1.53. The molecular weight excluding hydrogens is 198 g/mol. The SMILES string of the molecule is CCOc1ncc2ccccc2c1Cl. The van der Waals surface area contributed by atoms with Crippen molar-refractivity contribution in [2.75, 3.05) is 6.61 Å². The van der Waals surface area contributed by atoms with Crippen molar-refractivity contribution in [3.8, 4) is 5.88 Å². The largest absolute Gasteiger partial charge is 0.477 e. The van der Waals surface area contributed by atoms with Gasteiger partial charge >= 0.3 is 0 Å². The molecule has 0 radical (unpaired) electrons. The van der Waals surface area contributed by atoms with E-state index in [1.165, 1.54) is 0 Å². The predicted molar refractivity (Wildman–Crippen MR) is 57.9 cm³/mol. The van der Waals surface area contributed by atoms with Crippen LogP contribution in [0.5, 0.6) is 5.88 Å². The number of pyridine rings is 1. The van der Waals surface area contributed by atoms with Gasteiger partial charge in [0, 0.05) is 17.0 Å². The lowest BCUT2D eigenvalue weighted by atomic mass is 10.2. The Labute approximate surface area is 87.5 Å². The van der Waals surface area contributed by atoms with Gasteiger partial charge in [0.25, 0.3) is 0 Å². The van der Waals surface area contributed by atoms with Gasteiger partial charge in [0.05, 0.1) is 6.61 Å². The van der Waals surface area contributed by atoms with Crippen LogP contribution in [0.3, 0.4) is 0 Å². The second kappa shape index (κ2) is 3.84. The van der Waals surface area contributed by atoms with Crippen LogP contribution >= 0.6 is 11.6 Å². The topological polar surface area (TPSA) is 22.1 Å². The third-order valence-electron chi connectivity index (χ3n) is 1.99. The first kappa shape index (κ1) is 9.28.